The summed E-state index contributed by atoms with van der Waals surface area (Å²) in [5.74, 6) is -0.0883. The lowest BCUT2D eigenvalue weighted by molar-refractivity contribution is -0.115. The van der Waals surface area contributed by atoms with Gasteiger partial charge in [0.25, 0.3) is 0 Å². The molecule has 2 aromatic carbocycles. The summed E-state index contributed by atoms with van der Waals surface area (Å²) >= 11 is 7.82. The molecule has 0 spiro atoms. The Morgan fingerprint density at radius 1 is 1.25 bits per heavy atom. The van der Waals surface area contributed by atoms with Crippen molar-refractivity contribution in [2.24, 2.45) is 0 Å². The number of benzene rings is 2. The standard InChI is InChI=1S/C16H16BrNOS/c1-11-7-13(17)10-14(8-11)18-16(19)15(20)9-12-5-3-2-4-6-12/h2-8,10,15,20H,9H2,1H3,(H,18,19). The molecule has 0 bridgehead atoms. The minimum atomic E-state index is -0.364. The van der Waals surface area contributed by atoms with Gasteiger partial charge < -0.3 is 5.32 Å². The SMILES string of the molecule is Cc1cc(Br)cc(NC(=O)C(S)Cc2ccccc2)c1. The molecular weight excluding hydrogens is 334 g/mol. The summed E-state index contributed by atoms with van der Waals surface area (Å²) in [7, 11) is 0. The predicted octanol–water partition coefficient (Wildman–Crippen LogP) is 4.24. The first-order chi connectivity index (χ1) is 9.54. The summed E-state index contributed by atoms with van der Waals surface area (Å²) in [6.07, 6.45) is 0.614. The van der Waals surface area contributed by atoms with Crippen molar-refractivity contribution in [1.29, 1.82) is 0 Å². The summed E-state index contributed by atoms with van der Waals surface area (Å²) in [5.41, 5.74) is 2.98. The number of aryl methyl sites for hydroxylation is 1. The molecule has 1 unspecified atom stereocenters. The van der Waals surface area contributed by atoms with E-state index in [2.05, 4.69) is 33.9 Å². The highest BCUT2D eigenvalue weighted by molar-refractivity contribution is 9.10. The van der Waals surface area contributed by atoms with E-state index in [9.17, 15) is 4.79 Å². The average Bonchev–Trinajstić information content (AvgIpc) is 2.38. The fourth-order valence-electron chi connectivity index (χ4n) is 1.96. The van der Waals surface area contributed by atoms with E-state index in [1.165, 1.54) is 0 Å². The van der Waals surface area contributed by atoms with E-state index in [-0.39, 0.29) is 11.2 Å². The van der Waals surface area contributed by atoms with Gasteiger partial charge in [-0.25, -0.2) is 0 Å². The van der Waals surface area contributed by atoms with Crippen LogP contribution >= 0.6 is 28.6 Å². The Balaban J connectivity index is 2.00. The van der Waals surface area contributed by atoms with Crippen molar-refractivity contribution in [2.45, 2.75) is 18.6 Å². The van der Waals surface area contributed by atoms with Crippen molar-refractivity contribution in [3.63, 3.8) is 0 Å². The molecule has 2 aromatic rings. The van der Waals surface area contributed by atoms with Crippen molar-refractivity contribution in [3.05, 3.63) is 64.1 Å². The van der Waals surface area contributed by atoms with Crippen LogP contribution in [-0.2, 0) is 11.2 Å². The first kappa shape index (κ1) is 15.1. The van der Waals surface area contributed by atoms with Gasteiger partial charge in [0.05, 0.1) is 5.25 Å². The molecule has 2 nitrogen and oxygen atoms in total. The molecule has 0 saturated carbocycles. The molecule has 0 aliphatic carbocycles. The third-order valence-corrected chi connectivity index (χ3v) is 3.76. The van der Waals surface area contributed by atoms with Crippen molar-refractivity contribution >= 4 is 40.2 Å². The van der Waals surface area contributed by atoms with Crippen LogP contribution in [0.15, 0.2) is 53.0 Å². The van der Waals surface area contributed by atoms with Crippen LogP contribution in [0.2, 0.25) is 0 Å². The van der Waals surface area contributed by atoms with Crippen LogP contribution in [0.4, 0.5) is 5.69 Å². The molecule has 20 heavy (non-hydrogen) atoms. The fraction of sp³-hybridized carbons (Fsp3) is 0.188. The third-order valence-electron chi connectivity index (χ3n) is 2.88. The first-order valence-electron chi connectivity index (χ1n) is 6.34. The van der Waals surface area contributed by atoms with Crippen LogP contribution < -0.4 is 5.32 Å². The van der Waals surface area contributed by atoms with Gasteiger partial charge >= 0.3 is 0 Å². The van der Waals surface area contributed by atoms with Gasteiger partial charge in [0.15, 0.2) is 0 Å². The van der Waals surface area contributed by atoms with Crippen molar-refractivity contribution in [2.75, 3.05) is 5.32 Å². The number of carbonyl (C=O) groups is 1. The van der Waals surface area contributed by atoms with Gasteiger partial charge in [0.1, 0.15) is 0 Å². The number of halogens is 1. The Hall–Kier alpha value is -1.26. The van der Waals surface area contributed by atoms with E-state index in [1.54, 1.807) is 0 Å². The summed E-state index contributed by atoms with van der Waals surface area (Å²) in [5, 5.41) is 2.53. The zero-order valence-corrected chi connectivity index (χ0v) is 13.6. The predicted molar refractivity (Wildman–Crippen MR) is 90.4 cm³/mol. The molecule has 0 heterocycles. The lowest BCUT2D eigenvalue weighted by Crippen LogP contribution is -2.25. The van der Waals surface area contributed by atoms with Crippen molar-refractivity contribution in [1.82, 2.24) is 0 Å². The number of carbonyl (C=O) groups excluding carboxylic acids is 1. The molecular formula is C16H16BrNOS. The maximum atomic E-state index is 12.1. The van der Waals surface area contributed by atoms with E-state index in [0.29, 0.717) is 6.42 Å². The summed E-state index contributed by atoms with van der Waals surface area (Å²) < 4.78 is 0.951. The number of amides is 1. The second-order valence-corrected chi connectivity index (χ2v) is 6.25. The normalized spacial score (nSPS) is 11.9. The highest BCUT2D eigenvalue weighted by atomic mass is 79.9. The summed E-state index contributed by atoms with van der Waals surface area (Å²) in [4.78, 5) is 12.1. The molecule has 1 atom stereocenters. The number of rotatable bonds is 4. The van der Waals surface area contributed by atoms with Gasteiger partial charge in [-0.05, 0) is 42.7 Å². The second kappa shape index (κ2) is 6.95. The van der Waals surface area contributed by atoms with E-state index in [1.807, 2.05) is 55.5 Å². The van der Waals surface area contributed by atoms with E-state index >= 15 is 0 Å². The van der Waals surface area contributed by atoms with Gasteiger partial charge in [-0.1, -0.05) is 46.3 Å². The molecule has 104 valence electrons. The molecule has 0 aromatic heterocycles. The lowest BCUT2D eigenvalue weighted by atomic mass is 10.1. The molecule has 4 heteroatoms. The summed E-state index contributed by atoms with van der Waals surface area (Å²) in [6.45, 7) is 1.99. The largest absolute Gasteiger partial charge is 0.325 e. The monoisotopic (exact) mass is 349 g/mol. The highest BCUT2D eigenvalue weighted by Crippen LogP contribution is 2.20. The average molecular weight is 350 g/mol. The Labute approximate surface area is 133 Å². The van der Waals surface area contributed by atoms with Crippen molar-refractivity contribution < 1.29 is 4.79 Å². The Morgan fingerprint density at radius 2 is 1.95 bits per heavy atom. The van der Waals surface area contributed by atoms with Crippen LogP contribution in [-0.4, -0.2) is 11.2 Å². The molecule has 0 saturated heterocycles. The number of thiol groups is 1. The van der Waals surface area contributed by atoms with Crippen LogP contribution in [0.5, 0.6) is 0 Å². The maximum Gasteiger partial charge on any atom is 0.237 e. The zero-order valence-electron chi connectivity index (χ0n) is 11.1. The molecule has 2 rings (SSSR count). The number of hydrogen-bond donors (Lipinski definition) is 2. The topological polar surface area (TPSA) is 29.1 Å². The highest BCUT2D eigenvalue weighted by Gasteiger charge is 2.14. The second-order valence-electron chi connectivity index (χ2n) is 4.71. The molecule has 0 aliphatic rings. The van der Waals surface area contributed by atoms with Crippen LogP contribution in [0.3, 0.4) is 0 Å². The van der Waals surface area contributed by atoms with Crippen LogP contribution in [0.25, 0.3) is 0 Å². The smallest absolute Gasteiger partial charge is 0.237 e. The van der Waals surface area contributed by atoms with E-state index in [0.717, 1.165) is 21.3 Å². The van der Waals surface area contributed by atoms with E-state index in [4.69, 9.17) is 0 Å². The Bertz CT molecular complexity index is 580. The molecule has 0 fully saturated rings. The molecule has 1 amide bonds. The number of anilines is 1. The van der Waals surface area contributed by atoms with Gasteiger partial charge in [0, 0.05) is 10.2 Å². The quantitative estimate of drug-likeness (QED) is 0.794. The van der Waals surface area contributed by atoms with Crippen LogP contribution in [0.1, 0.15) is 11.1 Å². The zero-order chi connectivity index (χ0) is 14.5. The third kappa shape index (κ3) is 4.39. The fourth-order valence-corrected chi connectivity index (χ4v) is 2.85. The van der Waals surface area contributed by atoms with Gasteiger partial charge in [-0.15, -0.1) is 0 Å². The Morgan fingerprint density at radius 3 is 2.60 bits per heavy atom. The lowest BCUT2D eigenvalue weighted by Gasteiger charge is -2.12. The Kier molecular flexibility index (Phi) is 5.26. The molecule has 0 aliphatic heterocycles. The van der Waals surface area contributed by atoms with Crippen LogP contribution in [0, 0.1) is 6.92 Å². The minimum Gasteiger partial charge on any atom is -0.325 e. The molecule has 0 radical (unpaired) electrons. The van der Waals surface area contributed by atoms with Gasteiger partial charge in [-0.2, -0.15) is 12.6 Å². The maximum absolute atomic E-state index is 12.1. The number of hydrogen-bond acceptors (Lipinski definition) is 2. The van der Waals surface area contributed by atoms with Gasteiger partial charge in [-0.3, -0.25) is 4.79 Å². The van der Waals surface area contributed by atoms with Crippen molar-refractivity contribution in [3.8, 4) is 0 Å². The number of nitrogens with one attached hydrogen (secondary N) is 1. The minimum absolute atomic E-state index is 0.0883. The van der Waals surface area contributed by atoms with Gasteiger partial charge in [0.2, 0.25) is 5.91 Å². The van der Waals surface area contributed by atoms with E-state index < -0.39 is 0 Å². The summed E-state index contributed by atoms with van der Waals surface area (Å²) in [6, 6.07) is 15.7. The first-order valence-corrected chi connectivity index (χ1v) is 7.65. The molecule has 1 N–H and O–H groups in total.